The van der Waals surface area contributed by atoms with E-state index in [2.05, 4.69) is 37.7 Å². The van der Waals surface area contributed by atoms with Crippen LogP contribution in [0.1, 0.15) is 96.0 Å². The van der Waals surface area contributed by atoms with E-state index in [4.69, 9.17) is 69.6 Å². The molecule has 0 spiro atoms. The number of thioether (sulfide) groups is 2. The summed E-state index contributed by atoms with van der Waals surface area (Å²) in [5, 5.41) is 34.0. The quantitative estimate of drug-likeness (QED) is 0.0422. The van der Waals surface area contributed by atoms with Gasteiger partial charge in [0, 0.05) is 199 Å². The molecule has 117 heavy (non-hydrogen) atoms. The SMILES string of the molecule is C1CCSCC1.Nc1cc(N2CCS(=O)(=O)CC2)cc(C(F)(F)F)c1.O=C(Cl)Oc1ccccc1.O=C(Nc1cc(N2CCS(=O)(=O)CC2)cc(C(F)(F)F)c1)Oc1ccccc1.O=[N+]([O-])c1cc(Br)cc(C(F)(F)F)c1.O=[N+]([O-])c1cc(N2CCS(=O)(=O)CC2)cc(C(F)(F)F)c1.O=[N+]([O-])c1cc(N2CCSCC2)cc(C(F)(F)F)c1.[2HH].[2H][2H].[2H][2H].[2H][2H].[2H][2H].[2H][2H].[2H][2H].[2H][2H].[2H][2H].[2H][2H].[2H][2H].[2H][2H].[2H][2H].[2H][2H].[2H][2H].[2H][2H].[2H][2H]. The van der Waals surface area contributed by atoms with Crippen molar-refractivity contribution < 1.29 is 174 Å². The van der Waals surface area contributed by atoms with Gasteiger partial charge in [-0.15, -0.1) is 0 Å². The van der Waals surface area contributed by atoms with Gasteiger partial charge in [0.25, 0.3) is 17.1 Å². The fourth-order valence-corrected chi connectivity index (χ4v) is 16.8. The lowest BCUT2D eigenvalue weighted by molar-refractivity contribution is -0.385. The van der Waals surface area contributed by atoms with E-state index < -0.39 is 132 Å². The van der Waals surface area contributed by atoms with E-state index in [0.29, 0.717) is 42.7 Å². The van der Waals surface area contributed by atoms with Crippen LogP contribution in [0.4, 0.5) is 127 Å². The maximum Gasteiger partial charge on any atom is 0.417 e. The Bertz CT molecular complexity index is 4990. The molecular weight excluding hydrogens is 1780 g/mol. The number of nitrogens with one attached hydrogen (secondary N) is 1. The van der Waals surface area contributed by atoms with Crippen LogP contribution in [-0.4, -0.2) is 161 Å². The lowest BCUT2D eigenvalue weighted by Crippen LogP contribution is -2.40. The summed E-state index contributed by atoms with van der Waals surface area (Å²) in [5.41, 5.74) is -1.38. The number of nitrogen functional groups attached to an aromatic ring is 1. The highest BCUT2D eigenvalue weighted by atomic mass is 79.9. The van der Waals surface area contributed by atoms with Gasteiger partial charge in [-0.25, -0.2) is 34.8 Å². The van der Waals surface area contributed by atoms with Gasteiger partial charge < -0.3 is 34.8 Å². The predicted molar refractivity (Wildman–Crippen MR) is 453 cm³/mol. The third-order valence-corrected chi connectivity index (χ3v) is 24.0. The first-order valence-corrected chi connectivity index (χ1v) is 43.0. The van der Waals surface area contributed by atoms with Crippen molar-refractivity contribution in [3.05, 3.63) is 214 Å². The number of ether oxygens (including phenoxy) is 2. The van der Waals surface area contributed by atoms with Gasteiger partial charge in [0.15, 0.2) is 29.5 Å². The molecule has 0 radical (unpaired) electrons. The standard InChI is InChI=1S/C18H17F3N2O4S.C11H11F3N2O4S.C11H13F3N2O2S.C11H11F3N2O2S.C7H3BrF3NO2.C7H5ClO2.C5H10S.17H2/c19-18(20,21)13-10-14(22-17(24)27-16-4-2-1-3-5-16)12-15(11-13)23-6-8-28(25,26)9-7-23;12-11(13,14)8-5-9(7-10(6-8)16(17)18)15-1-3-21(19,20)4-2-15;12-11(13,14)8-5-9(15)7-10(6-8)16-1-3-19(17,18)4-2-16;12-11(13,14)8-5-9(7-10(6-8)16(17)18)15-1-3-19-4-2-15;8-5-1-4(7(9,10)11)2-6(3-5)12(13)14;8-7(9)10-6-4-2-1-3-5-6;1-2-4-6-5-3-1;;;;;;;;;;;;;;;;;/h1-5,10-12H,6-9H2,(H,22,24);5-7H,1-4H2;5-7H,1-4,15H2;5-7H,1-4H2;1-3H;1-5H;1-5H2;17*1H/i;;;;;;;16*1+1D;1+1. The number of nitrogens with two attached hydrogens (primary N) is 1. The molecule has 1 amide bonds. The fourth-order valence-electron chi connectivity index (χ4n) is 10.7. The van der Waals surface area contributed by atoms with Crippen LogP contribution in [0.2, 0.25) is 0 Å². The van der Waals surface area contributed by atoms with Gasteiger partial charge in [0.1, 0.15) is 11.5 Å². The molecule has 5 saturated heterocycles. The Morgan fingerprint density at radius 3 is 1.07 bits per heavy atom. The zero-order chi connectivity index (χ0) is 119. The number of nitro groups is 3. The number of non-ortho nitro benzene ring substituents is 3. The van der Waals surface area contributed by atoms with Crippen molar-refractivity contribution in [2.45, 2.75) is 50.1 Å². The third-order valence-electron chi connectivity index (χ3n) is 16.5. The van der Waals surface area contributed by atoms with Crippen LogP contribution in [0.15, 0.2) is 156 Å². The predicted octanol–water partition coefficient (Wildman–Crippen LogP) is 22.0. The number of hydrogen-bond acceptors (Lipinski definition) is 23. The molecule has 7 aromatic carbocycles. The van der Waals surface area contributed by atoms with Crippen LogP contribution in [0.5, 0.6) is 11.5 Å². The van der Waals surface area contributed by atoms with Crippen LogP contribution in [0.25, 0.3) is 0 Å². The minimum Gasteiger partial charge on any atom is -0.415 e. The molecule has 7 aromatic rings. The Labute approximate surface area is 731 Å². The van der Waals surface area contributed by atoms with Crippen LogP contribution in [0.3, 0.4) is 0 Å². The van der Waals surface area contributed by atoms with Gasteiger partial charge in [-0.1, -0.05) is 58.7 Å². The number of amides is 1. The smallest absolute Gasteiger partial charge is 0.415 e. The van der Waals surface area contributed by atoms with Gasteiger partial charge in [0.2, 0.25) is 0 Å². The molecule has 12 rings (SSSR count). The van der Waals surface area contributed by atoms with Crippen molar-refractivity contribution in [2.24, 2.45) is 0 Å². The monoisotopic (exact) mass is 1920 g/mol. The minimum absolute atomic E-state index is 0. The lowest BCUT2D eigenvalue weighted by Gasteiger charge is -2.29. The zero-order valence-electron chi connectivity index (χ0n) is 92.5. The van der Waals surface area contributed by atoms with E-state index in [1.165, 1.54) is 66.0 Å². The van der Waals surface area contributed by atoms with E-state index >= 15 is 0 Å². The van der Waals surface area contributed by atoms with Gasteiger partial charge in [-0.05, 0) is 103 Å². The highest BCUT2D eigenvalue weighted by Gasteiger charge is 2.38. The van der Waals surface area contributed by atoms with Crippen molar-refractivity contribution in [3.63, 3.8) is 0 Å². The number of nitro benzene ring substituents is 3. The van der Waals surface area contributed by atoms with Crippen LogP contribution < -0.4 is 40.1 Å². The molecule has 0 aromatic heterocycles. The number of carbonyl (C=O) groups excluding carboxylic acids is 2. The number of anilines is 6. The van der Waals surface area contributed by atoms with E-state index in [1.54, 1.807) is 68.9 Å². The number of sulfone groups is 3. The molecule has 0 unspecified atom stereocenters. The molecule has 25 nitrogen and oxygen atoms in total. The average Bonchev–Trinajstić information content (AvgIpc) is 0.812. The average molecular weight is 1920 g/mol. The van der Waals surface area contributed by atoms with Crippen LogP contribution in [-0.2, 0) is 60.4 Å². The Morgan fingerprint density at radius 2 is 0.735 bits per heavy atom. The molecule has 3 N–H and O–H groups in total. The van der Waals surface area contributed by atoms with E-state index in [-0.39, 0.29) is 114 Å². The van der Waals surface area contributed by atoms with Crippen molar-refractivity contribution in [1.29, 1.82) is 0 Å². The van der Waals surface area contributed by atoms with Crippen molar-refractivity contribution in [2.75, 3.05) is 141 Å². The lowest BCUT2D eigenvalue weighted by atomic mass is 10.1. The number of rotatable bonds is 10. The number of halogens is 17. The summed E-state index contributed by atoms with van der Waals surface area (Å²) in [5.74, 6) is 4.41. The van der Waals surface area contributed by atoms with Crippen LogP contribution in [0, 0.1) is 30.3 Å². The van der Waals surface area contributed by atoms with Gasteiger partial charge >= 0.3 is 42.4 Å². The van der Waals surface area contributed by atoms with Gasteiger partial charge in [-0.2, -0.15) is 89.4 Å². The second kappa shape index (κ2) is 42.4. The van der Waals surface area contributed by atoms with Crippen molar-refractivity contribution in [3.8, 4) is 11.5 Å². The first-order chi connectivity index (χ1) is 70.3. The summed E-state index contributed by atoms with van der Waals surface area (Å²) in [6.45, 7) is 1.76. The highest BCUT2D eigenvalue weighted by Crippen LogP contribution is 2.41. The van der Waals surface area contributed by atoms with Crippen molar-refractivity contribution >= 4 is 143 Å². The molecule has 0 saturated carbocycles. The van der Waals surface area contributed by atoms with E-state index in [9.17, 15) is 131 Å². The minimum atomic E-state index is -4.71. The van der Waals surface area contributed by atoms with E-state index in [0.717, 1.165) is 66.1 Å². The molecule has 5 aliphatic rings. The number of para-hydroxylation sites is 2. The molecule has 5 aliphatic heterocycles. The number of alkyl halides is 15. The topological polar surface area (TPSA) is 335 Å². The second-order valence-electron chi connectivity index (χ2n) is 25.2. The van der Waals surface area contributed by atoms with Crippen LogP contribution >= 0.6 is 51.1 Å². The molecule has 674 valence electrons. The van der Waals surface area contributed by atoms with E-state index in [1.807, 2.05) is 6.07 Å². The zero-order valence-corrected chi connectivity index (χ0v) is 66.9. The summed E-state index contributed by atoms with van der Waals surface area (Å²) < 4.78 is 429. The molecule has 0 atom stereocenters. The van der Waals surface area contributed by atoms with Gasteiger partial charge in [0.05, 0.1) is 77.1 Å². The number of nitrogens with zero attached hydrogens (tertiary/aromatic N) is 7. The number of benzene rings is 7. The summed E-state index contributed by atoms with van der Waals surface area (Å²) >= 11 is 11.5. The summed E-state index contributed by atoms with van der Waals surface area (Å²) in [6.07, 6.45) is -19.5. The second-order valence-corrected chi connectivity index (χ2v) is 35.8. The summed E-state index contributed by atoms with van der Waals surface area (Å²) in [4.78, 5) is 57.6. The largest absolute Gasteiger partial charge is 0.417 e. The maximum atomic E-state index is 13.3. The first kappa shape index (κ1) is 74.1. The molecule has 0 aliphatic carbocycles. The molecule has 47 heteroatoms. The normalized spacial score (nSPS) is 17.5. The maximum absolute atomic E-state index is 13.3. The Hall–Kier alpha value is -9.25. The summed E-state index contributed by atoms with van der Waals surface area (Å²) in [6, 6.07) is 30.4. The first-order valence-electron chi connectivity index (χ1n) is 50.0. The highest BCUT2D eigenvalue weighted by molar-refractivity contribution is 9.10. The molecule has 5 heterocycles. The Balaban J connectivity index is -0.000000144. The number of carbonyl (C=O) groups is 2. The molecule has 0 bridgehead atoms. The summed E-state index contributed by atoms with van der Waals surface area (Å²) in [7, 11) is -9.43. The fraction of sp³-hybridized carbons (Fsp3) is 0.371. The third kappa shape index (κ3) is 33.6. The Kier molecular flexibility index (Phi) is 26.9. The number of hydrogen-bond donors (Lipinski definition) is 2. The molecule has 5 fully saturated rings. The molecular formula is C70H104BrClF15N9O16S5. The van der Waals surface area contributed by atoms with Gasteiger partial charge in [-0.3, -0.25) is 35.7 Å². The van der Waals surface area contributed by atoms with Crippen molar-refractivity contribution in [1.82, 2.24) is 0 Å². The Morgan fingerprint density at radius 1 is 0.427 bits per heavy atom.